The van der Waals surface area contributed by atoms with Gasteiger partial charge in [0.15, 0.2) is 0 Å². The van der Waals surface area contributed by atoms with Crippen molar-refractivity contribution in [2.24, 2.45) is 11.3 Å². The van der Waals surface area contributed by atoms with Crippen LogP contribution in [0.5, 0.6) is 5.75 Å². The number of ether oxygens (including phenoxy) is 1. The predicted molar refractivity (Wildman–Crippen MR) is 107 cm³/mol. The zero-order chi connectivity index (χ0) is 19.0. The van der Waals surface area contributed by atoms with Gasteiger partial charge in [-0.2, -0.15) is 0 Å². The summed E-state index contributed by atoms with van der Waals surface area (Å²) in [6.07, 6.45) is 7.19. The van der Waals surface area contributed by atoms with E-state index < -0.39 is 0 Å². The summed E-state index contributed by atoms with van der Waals surface area (Å²) >= 11 is 0. The third-order valence-corrected chi connectivity index (χ3v) is 6.03. The Bertz CT molecular complexity index is 956. The van der Waals surface area contributed by atoms with Crippen LogP contribution in [0.2, 0.25) is 0 Å². The van der Waals surface area contributed by atoms with Gasteiger partial charge >= 0.3 is 0 Å². The minimum atomic E-state index is 0.153. The van der Waals surface area contributed by atoms with Gasteiger partial charge in [-0.05, 0) is 74.2 Å². The minimum Gasteiger partial charge on any atom is -0.487 e. The molecule has 6 nitrogen and oxygen atoms in total. The molecule has 1 aliphatic heterocycles. The largest absolute Gasteiger partial charge is 0.487 e. The molecular weight excluding hydrogens is 352 g/mol. The number of aromatic nitrogens is 2. The number of piperidine rings is 1. The Morgan fingerprint density at radius 3 is 2.82 bits per heavy atom. The summed E-state index contributed by atoms with van der Waals surface area (Å²) in [6.45, 7) is 2.47. The lowest BCUT2D eigenvalue weighted by atomic mass is 9.92. The topological polar surface area (TPSA) is 67.7 Å². The molecule has 6 heteroatoms. The molecule has 3 heterocycles. The van der Waals surface area contributed by atoms with Gasteiger partial charge in [0.2, 0.25) is 5.91 Å². The molecule has 3 aromatic rings. The number of hydrogen-bond acceptors (Lipinski definition) is 4. The molecule has 1 amide bonds. The molecular formula is C22H24N4O2. The van der Waals surface area contributed by atoms with Crippen LogP contribution in [0.25, 0.3) is 5.65 Å². The zero-order valence-corrected chi connectivity index (χ0v) is 15.7. The van der Waals surface area contributed by atoms with Crippen LogP contribution in [0.4, 0.5) is 5.69 Å². The highest BCUT2D eigenvalue weighted by Crippen LogP contribution is 2.58. The van der Waals surface area contributed by atoms with Crippen molar-refractivity contribution in [3.05, 3.63) is 60.6 Å². The summed E-state index contributed by atoms with van der Waals surface area (Å²) in [6, 6.07) is 13.5. The van der Waals surface area contributed by atoms with Crippen LogP contribution in [0, 0.1) is 11.3 Å². The number of carbonyl (C=O) groups excluding carboxylic acids is 1. The number of pyridine rings is 1. The minimum absolute atomic E-state index is 0.153. The van der Waals surface area contributed by atoms with Gasteiger partial charge in [-0.15, -0.1) is 0 Å². The zero-order valence-electron chi connectivity index (χ0n) is 15.7. The van der Waals surface area contributed by atoms with Crippen LogP contribution in [-0.4, -0.2) is 28.4 Å². The van der Waals surface area contributed by atoms with E-state index in [-0.39, 0.29) is 17.2 Å². The molecule has 2 fully saturated rings. The Morgan fingerprint density at radius 1 is 1.21 bits per heavy atom. The van der Waals surface area contributed by atoms with Crippen molar-refractivity contribution >= 4 is 17.2 Å². The van der Waals surface area contributed by atoms with E-state index in [9.17, 15) is 4.79 Å². The first-order valence-electron chi connectivity index (χ1n) is 9.89. The van der Waals surface area contributed by atoms with Crippen LogP contribution >= 0.6 is 0 Å². The summed E-state index contributed by atoms with van der Waals surface area (Å²) in [5, 5.41) is 6.44. The normalized spacial score (nSPS) is 20.2. The number of nitrogens with one attached hydrogen (secondary N) is 2. The van der Waals surface area contributed by atoms with Crippen molar-refractivity contribution in [3.63, 3.8) is 0 Å². The second-order valence-corrected chi connectivity index (χ2v) is 7.87. The predicted octanol–water partition coefficient (Wildman–Crippen LogP) is 3.24. The molecule has 1 spiro atoms. The van der Waals surface area contributed by atoms with Crippen LogP contribution in [0.15, 0.2) is 54.9 Å². The average Bonchev–Trinajstić information content (AvgIpc) is 3.24. The molecule has 2 N–H and O–H groups in total. The van der Waals surface area contributed by atoms with Crippen LogP contribution in [0.1, 0.15) is 25.0 Å². The third-order valence-electron chi connectivity index (χ3n) is 6.03. The van der Waals surface area contributed by atoms with Crippen LogP contribution in [0.3, 0.4) is 0 Å². The van der Waals surface area contributed by atoms with Crippen LogP contribution in [-0.2, 0) is 11.4 Å². The molecule has 28 heavy (non-hydrogen) atoms. The fourth-order valence-electron chi connectivity index (χ4n) is 4.27. The van der Waals surface area contributed by atoms with Gasteiger partial charge in [-0.3, -0.25) is 4.79 Å². The van der Waals surface area contributed by atoms with E-state index >= 15 is 0 Å². The third kappa shape index (κ3) is 3.36. The Balaban J connectivity index is 1.16. The van der Waals surface area contributed by atoms with E-state index in [0.717, 1.165) is 55.1 Å². The number of carbonyl (C=O) groups is 1. The van der Waals surface area contributed by atoms with E-state index in [0.29, 0.717) is 6.61 Å². The van der Waals surface area contributed by atoms with Gasteiger partial charge in [-0.1, -0.05) is 6.07 Å². The van der Waals surface area contributed by atoms with Crippen LogP contribution < -0.4 is 15.4 Å². The molecule has 2 aromatic heterocycles. The summed E-state index contributed by atoms with van der Waals surface area (Å²) in [7, 11) is 0. The SMILES string of the molecule is O=C(Nc1ccc(OCc2cn3ccccc3n2)cc1)C1CC12CCNCC2. The number of hydrogen-bond donors (Lipinski definition) is 2. The van der Waals surface area contributed by atoms with Gasteiger partial charge in [0, 0.05) is 24.0 Å². The summed E-state index contributed by atoms with van der Waals surface area (Å²) < 4.78 is 7.81. The maximum absolute atomic E-state index is 12.6. The smallest absolute Gasteiger partial charge is 0.228 e. The van der Waals surface area contributed by atoms with Crippen molar-refractivity contribution in [3.8, 4) is 5.75 Å². The number of nitrogens with zero attached hydrogens (tertiary/aromatic N) is 2. The average molecular weight is 376 g/mol. The molecule has 1 saturated carbocycles. The standard InChI is InChI=1S/C22H24N4O2/c27-21(19-13-22(19)8-10-23-11-9-22)25-16-4-6-18(7-5-16)28-15-17-14-26-12-2-1-3-20(26)24-17/h1-7,12,14,19,23H,8-11,13,15H2,(H,25,27). The second-order valence-electron chi connectivity index (χ2n) is 7.87. The van der Waals surface area contributed by atoms with Crippen molar-refractivity contribution in [2.45, 2.75) is 25.9 Å². The van der Waals surface area contributed by atoms with E-state index in [1.54, 1.807) is 0 Å². The molecule has 2 aliphatic rings. The van der Waals surface area contributed by atoms with Gasteiger partial charge in [0.05, 0.1) is 5.69 Å². The lowest BCUT2D eigenvalue weighted by Gasteiger charge is -2.23. The fraction of sp³-hybridized carbons (Fsp3) is 0.364. The molecule has 0 bridgehead atoms. The Hall–Kier alpha value is -2.86. The molecule has 1 unspecified atom stereocenters. The van der Waals surface area contributed by atoms with Gasteiger partial charge < -0.3 is 19.8 Å². The first-order chi connectivity index (χ1) is 13.7. The Labute approximate surface area is 163 Å². The molecule has 1 saturated heterocycles. The van der Waals surface area contributed by atoms with E-state index in [1.807, 2.05) is 59.3 Å². The number of rotatable bonds is 5. The van der Waals surface area contributed by atoms with Crippen molar-refractivity contribution in [1.82, 2.24) is 14.7 Å². The van der Waals surface area contributed by atoms with Gasteiger partial charge in [-0.25, -0.2) is 4.98 Å². The second kappa shape index (κ2) is 6.95. The van der Waals surface area contributed by atoms with Gasteiger partial charge in [0.1, 0.15) is 18.0 Å². The number of amides is 1. The maximum atomic E-state index is 12.6. The molecule has 144 valence electrons. The molecule has 5 rings (SSSR count). The number of benzene rings is 1. The summed E-state index contributed by atoms with van der Waals surface area (Å²) in [5.74, 6) is 1.08. The number of fused-ring (bicyclic) bond motifs is 1. The Morgan fingerprint density at radius 2 is 2.04 bits per heavy atom. The lowest BCUT2D eigenvalue weighted by Crippen LogP contribution is -2.31. The fourth-order valence-corrected chi connectivity index (χ4v) is 4.27. The summed E-state index contributed by atoms with van der Waals surface area (Å²) in [5.41, 5.74) is 2.86. The quantitative estimate of drug-likeness (QED) is 0.717. The molecule has 1 atom stereocenters. The lowest BCUT2D eigenvalue weighted by molar-refractivity contribution is -0.118. The first-order valence-corrected chi connectivity index (χ1v) is 9.89. The van der Waals surface area contributed by atoms with Crippen molar-refractivity contribution in [1.29, 1.82) is 0 Å². The van der Waals surface area contributed by atoms with E-state index in [4.69, 9.17) is 4.74 Å². The Kier molecular flexibility index (Phi) is 4.28. The number of anilines is 1. The molecule has 0 radical (unpaired) electrons. The molecule has 1 aromatic carbocycles. The monoisotopic (exact) mass is 376 g/mol. The van der Waals surface area contributed by atoms with E-state index in [1.165, 1.54) is 0 Å². The van der Waals surface area contributed by atoms with Gasteiger partial charge in [0.25, 0.3) is 0 Å². The van der Waals surface area contributed by atoms with Crippen molar-refractivity contribution < 1.29 is 9.53 Å². The number of imidazole rings is 1. The first kappa shape index (κ1) is 17.3. The maximum Gasteiger partial charge on any atom is 0.228 e. The van der Waals surface area contributed by atoms with Crippen molar-refractivity contribution in [2.75, 3.05) is 18.4 Å². The molecule has 1 aliphatic carbocycles. The highest BCUT2D eigenvalue weighted by atomic mass is 16.5. The highest BCUT2D eigenvalue weighted by Gasteiger charge is 2.57. The highest BCUT2D eigenvalue weighted by molar-refractivity contribution is 5.95. The summed E-state index contributed by atoms with van der Waals surface area (Å²) in [4.78, 5) is 17.1. The van der Waals surface area contributed by atoms with E-state index in [2.05, 4.69) is 15.6 Å².